The number of aryl methyl sites for hydroxylation is 1. The third-order valence-corrected chi connectivity index (χ3v) is 5.90. The average molecular weight is 462 g/mol. The van der Waals surface area contributed by atoms with E-state index in [0.29, 0.717) is 26.5 Å². The van der Waals surface area contributed by atoms with Gasteiger partial charge in [-0.2, -0.15) is 0 Å². The van der Waals surface area contributed by atoms with Gasteiger partial charge >= 0.3 is 0 Å². The Morgan fingerprint density at radius 1 is 0.969 bits per heavy atom. The summed E-state index contributed by atoms with van der Waals surface area (Å²) < 4.78 is 7.91. The van der Waals surface area contributed by atoms with E-state index < -0.39 is 0 Å². The lowest BCUT2D eigenvalue weighted by molar-refractivity contribution is 0.0921. The van der Waals surface area contributed by atoms with E-state index in [-0.39, 0.29) is 18.3 Å². The zero-order valence-corrected chi connectivity index (χ0v) is 18.6. The van der Waals surface area contributed by atoms with Crippen LogP contribution in [0.15, 0.2) is 73.1 Å². The normalized spacial score (nSPS) is 11.2. The van der Waals surface area contributed by atoms with E-state index >= 15 is 0 Å². The standard InChI is InChI=1S/C25H17Cl2N3O2/c1-30-20-10-6-5-9-17(20)22(24(30)15-7-3-2-4-8-15)21(31)13-32-25-18-11-16(26)12-19(27)23(18)28-14-29-25/h2-12,14H,13H2,1H3. The summed E-state index contributed by atoms with van der Waals surface area (Å²) in [7, 11) is 1.96. The fraction of sp³-hybridized carbons (Fsp3) is 0.0800. The molecular weight excluding hydrogens is 445 g/mol. The van der Waals surface area contributed by atoms with Crippen LogP contribution in [0.1, 0.15) is 10.4 Å². The first-order valence-electron chi connectivity index (χ1n) is 9.93. The summed E-state index contributed by atoms with van der Waals surface area (Å²) in [4.78, 5) is 21.9. The monoisotopic (exact) mass is 461 g/mol. The second kappa shape index (κ2) is 8.26. The molecule has 7 heteroatoms. The summed E-state index contributed by atoms with van der Waals surface area (Å²) in [5.74, 6) is 0.106. The van der Waals surface area contributed by atoms with Crippen molar-refractivity contribution in [2.75, 3.05) is 6.61 Å². The van der Waals surface area contributed by atoms with Crippen molar-refractivity contribution < 1.29 is 9.53 Å². The Morgan fingerprint density at radius 2 is 1.72 bits per heavy atom. The van der Waals surface area contributed by atoms with E-state index in [9.17, 15) is 4.79 Å². The van der Waals surface area contributed by atoms with E-state index in [1.165, 1.54) is 6.33 Å². The smallest absolute Gasteiger partial charge is 0.225 e. The van der Waals surface area contributed by atoms with Crippen molar-refractivity contribution in [3.05, 3.63) is 88.7 Å². The first kappa shape index (κ1) is 20.5. The van der Waals surface area contributed by atoms with E-state index in [1.807, 2.05) is 66.2 Å². The molecule has 0 amide bonds. The number of para-hydroxylation sites is 1. The Bertz CT molecular complexity index is 1480. The molecule has 0 atom stereocenters. The molecule has 0 aliphatic carbocycles. The molecule has 3 aromatic carbocycles. The lowest BCUT2D eigenvalue weighted by Crippen LogP contribution is -2.13. The van der Waals surface area contributed by atoms with Crippen LogP contribution in [0.3, 0.4) is 0 Å². The zero-order chi connectivity index (χ0) is 22.2. The highest BCUT2D eigenvalue weighted by Crippen LogP contribution is 2.34. The van der Waals surface area contributed by atoms with Crippen molar-refractivity contribution in [2.24, 2.45) is 7.05 Å². The molecule has 0 bridgehead atoms. The van der Waals surface area contributed by atoms with Crippen LogP contribution in [0.5, 0.6) is 5.88 Å². The first-order valence-corrected chi connectivity index (χ1v) is 10.7. The fourth-order valence-corrected chi connectivity index (χ4v) is 4.54. The molecule has 0 N–H and O–H groups in total. The van der Waals surface area contributed by atoms with E-state index in [0.717, 1.165) is 22.2 Å². The predicted molar refractivity (Wildman–Crippen MR) is 128 cm³/mol. The van der Waals surface area contributed by atoms with Crippen LogP contribution in [0, 0.1) is 0 Å². The summed E-state index contributed by atoms with van der Waals surface area (Å²) in [6.07, 6.45) is 1.36. The van der Waals surface area contributed by atoms with Gasteiger partial charge in [-0.15, -0.1) is 0 Å². The summed E-state index contributed by atoms with van der Waals surface area (Å²) in [6.45, 7) is -0.190. The first-order chi connectivity index (χ1) is 15.5. The average Bonchev–Trinajstić information content (AvgIpc) is 3.11. The third-order valence-electron chi connectivity index (χ3n) is 5.39. The van der Waals surface area contributed by atoms with Gasteiger partial charge in [-0.1, -0.05) is 71.7 Å². The second-order valence-electron chi connectivity index (χ2n) is 7.34. The fourth-order valence-electron chi connectivity index (χ4n) is 4.00. The third kappa shape index (κ3) is 3.49. The minimum atomic E-state index is -0.190. The Kier molecular flexibility index (Phi) is 5.29. The van der Waals surface area contributed by atoms with Crippen LogP contribution in [-0.2, 0) is 7.05 Å². The van der Waals surface area contributed by atoms with E-state index in [1.54, 1.807) is 12.1 Å². The van der Waals surface area contributed by atoms with Gasteiger partial charge in [0.2, 0.25) is 11.7 Å². The van der Waals surface area contributed by atoms with Crippen molar-refractivity contribution in [3.63, 3.8) is 0 Å². The highest BCUT2D eigenvalue weighted by atomic mass is 35.5. The van der Waals surface area contributed by atoms with E-state index in [2.05, 4.69) is 9.97 Å². The number of fused-ring (bicyclic) bond motifs is 2. The van der Waals surface area contributed by atoms with Crippen LogP contribution < -0.4 is 4.74 Å². The predicted octanol–water partition coefficient (Wildman–Crippen LogP) is 6.36. The van der Waals surface area contributed by atoms with Crippen LogP contribution in [-0.4, -0.2) is 26.9 Å². The van der Waals surface area contributed by atoms with Crippen LogP contribution >= 0.6 is 23.2 Å². The molecule has 2 aromatic heterocycles. The summed E-state index contributed by atoms with van der Waals surface area (Å²) in [5, 5.41) is 2.26. The van der Waals surface area contributed by atoms with E-state index in [4.69, 9.17) is 27.9 Å². The van der Waals surface area contributed by atoms with Gasteiger partial charge < -0.3 is 9.30 Å². The van der Waals surface area contributed by atoms with Gasteiger partial charge in [0, 0.05) is 23.0 Å². The highest BCUT2D eigenvalue weighted by molar-refractivity contribution is 6.38. The van der Waals surface area contributed by atoms with Crippen LogP contribution in [0.4, 0.5) is 0 Å². The number of hydrogen-bond donors (Lipinski definition) is 0. The van der Waals surface area contributed by atoms with Gasteiger partial charge in [0.05, 0.1) is 27.2 Å². The molecular formula is C25H17Cl2N3O2. The molecule has 0 fully saturated rings. The minimum Gasteiger partial charge on any atom is -0.469 e. The number of nitrogens with zero attached hydrogens (tertiary/aromatic N) is 3. The van der Waals surface area contributed by atoms with Crippen molar-refractivity contribution in [3.8, 4) is 17.1 Å². The molecule has 5 rings (SSSR count). The van der Waals surface area contributed by atoms with Crippen LogP contribution in [0.2, 0.25) is 10.0 Å². The van der Waals surface area contributed by atoms with Gasteiger partial charge in [-0.3, -0.25) is 4.79 Å². The molecule has 5 nitrogen and oxygen atoms in total. The Hall–Kier alpha value is -3.41. The SMILES string of the molecule is Cn1c(-c2ccccc2)c(C(=O)COc2ncnc3c(Cl)cc(Cl)cc23)c2ccccc21. The minimum absolute atomic E-state index is 0.152. The number of ketones is 1. The molecule has 5 aromatic rings. The molecule has 0 aliphatic heterocycles. The summed E-state index contributed by atoms with van der Waals surface area (Å²) >= 11 is 12.4. The Morgan fingerprint density at radius 3 is 2.53 bits per heavy atom. The molecule has 0 unspecified atom stereocenters. The van der Waals surface area contributed by atoms with Crippen molar-refractivity contribution >= 4 is 50.8 Å². The number of aromatic nitrogens is 3. The lowest BCUT2D eigenvalue weighted by atomic mass is 10.0. The zero-order valence-electron chi connectivity index (χ0n) is 17.0. The maximum Gasteiger partial charge on any atom is 0.225 e. The van der Waals surface area contributed by atoms with Gasteiger partial charge in [0.1, 0.15) is 6.33 Å². The second-order valence-corrected chi connectivity index (χ2v) is 8.18. The molecule has 0 spiro atoms. The number of ether oxygens (including phenoxy) is 1. The van der Waals surface area contributed by atoms with Gasteiger partial charge in [-0.25, -0.2) is 9.97 Å². The number of rotatable bonds is 5. The van der Waals surface area contributed by atoms with Crippen molar-refractivity contribution in [1.82, 2.24) is 14.5 Å². The highest BCUT2D eigenvalue weighted by Gasteiger charge is 2.23. The number of halogens is 2. The number of benzene rings is 3. The van der Waals surface area contributed by atoms with Gasteiger partial charge in [0.25, 0.3) is 0 Å². The maximum atomic E-state index is 13.5. The largest absolute Gasteiger partial charge is 0.469 e. The molecule has 0 saturated carbocycles. The Labute approximate surface area is 194 Å². The number of carbonyl (C=O) groups is 1. The molecule has 32 heavy (non-hydrogen) atoms. The summed E-state index contributed by atoms with van der Waals surface area (Å²) in [5.41, 5.74) is 3.91. The van der Waals surface area contributed by atoms with Crippen molar-refractivity contribution in [2.45, 2.75) is 0 Å². The molecule has 0 saturated heterocycles. The maximum absolute atomic E-state index is 13.5. The van der Waals surface area contributed by atoms with Crippen molar-refractivity contribution in [1.29, 1.82) is 0 Å². The van der Waals surface area contributed by atoms with Gasteiger partial charge in [0.15, 0.2) is 6.61 Å². The molecule has 0 radical (unpaired) electrons. The number of Topliss-reactive ketones (excluding diaryl/α,β-unsaturated/α-hetero) is 1. The Balaban J connectivity index is 1.57. The quantitative estimate of drug-likeness (QED) is 0.286. The molecule has 158 valence electrons. The molecule has 0 aliphatic rings. The lowest BCUT2D eigenvalue weighted by Gasteiger charge is -2.10. The topological polar surface area (TPSA) is 57.0 Å². The summed E-state index contributed by atoms with van der Waals surface area (Å²) in [6, 6.07) is 21.0. The van der Waals surface area contributed by atoms with Crippen LogP contribution in [0.25, 0.3) is 33.1 Å². The number of carbonyl (C=O) groups excluding carboxylic acids is 1. The van der Waals surface area contributed by atoms with Gasteiger partial charge in [-0.05, 0) is 23.8 Å². The number of hydrogen-bond acceptors (Lipinski definition) is 4. The molecule has 2 heterocycles.